The molecule has 0 bridgehead atoms. The fourth-order valence-corrected chi connectivity index (χ4v) is 3.85. The number of amides is 2. The molecule has 146 valence electrons. The second-order valence-corrected chi connectivity index (χ2v) is 7.70. The normalized spacial score (nSPS) is 15.6. The predicted molar refractivity (Wildman–Crippen MR) is 112 cm³/mol. The van der Waals surface area contributed by atoms with Crippen LogP contribution in [0.25, 0.3) is 0 Å². The molecule has 0 aromatic heterocycles. The van der Waals surface area contributed by atoms with Gasteiger partial charge in [0.05, 0.1) is 11.5 Å². The van der Waals surface area contributed by atoms with Crippen molar-refractivity contribution in [3.05, 3.63) is 29.8 Å². The molecule has 2 rings (SSSR count). The maximum Gasteiger partial charge on any atom is 0.234 e. The van der Waals surface area contributed by atoms with Crippen LogP contribution < -0.4 is 16.4 Å². The van der Waals surface area contributed by atoms with Crippen molar-refractivity contribution in [2.75, 3.05) is 23.4 Å². The summed E-state index contributed by atoms with van der Waals surface area (Å²) in [5.41, 5.74) is 7.77. The average Bonchev–Trinajstić information content (AvgIpc) is 2.62. The van der Waals surface area contributed by atoms with E-state index in [1.165, 1.54) is 31.0 Å². The maximum absolute atomic E-state index is 12.1. The molecule has 5 nitrogen and oxygen atoms in total. The third-order valence-electron chi connectivity index (χ3n) is 4.62. The van der Waals surface area contributed by atoms with Gasteiger partial charge in [0.15, 0.2) is 0 Å². The van der Waals surface area contributed by atoms with E-state index >= 15 is 0 Å². The lowest BCUT2D eigenvalue weighted by molar-refractivity contribution is -0.119. The molecular formula is C19H30ClN3O2S. The summed E-state index contributed by atoms with van der Waals surface area (Å²) in [6.45, 7) is 2.48. The van der Waals surface area contributed by atoms with Crippen molar-refractivity contribution in [3.63, 3.8) is 0 Å². The molecule has 7 heteroatoms. The van der Waals surface area contributed by atoms with E-state index in [0.29, 0.717) is 12.5 Å². The molecule has 0 radical (unpaired) electrons. The maximum atomic E-state index is 12.1. The van der Waals surface area contributed by atoms with Crippen LogP contribution in [0.15, 0.2) is 24.3 Å². The molecule has 1 aromatic carbocycles. The Kier molecular flexibility index (Phi) is 10.7. The Morgan fingerprint density at radius 1 is 1.12 bits per heavy atom. The summed E-state index contributed by atoms with van der Waals surface area (Å²) in [4.78, 5) is 24.0. The molecule has 1 atom stereocenters. The molecule has 0 spiro atoms. The van der Waals surface area contributed by atoms with Crippen LogP contribution in [-0.2, 0) is 9.59 Å². The Labute approximate surface area is 166 Å². The lowest BCUT2D eigenvalue weighted by atomic mass is 9.84. The zero-order valence-corrected chi connectivity index (χ0v) is 17.0. The third kappa shape index (κ3) is 7.98. The van der Waals surface area contributed by atoms with Crippen molar-refractivity contribution in [1.29, 1.82) is 0 Å². The summed E-state index contributed by atoms with van der Waals surface area (Å²) in [5.74, 6) is 0.916. The van der Waals surface area contributed by atoms with Gasteiger partial charge in [-0.05, 0) is 37.8 Å². The van der Waals surface area contributed by atoms with Crippen LogP contribution in [0, 0.1) is 12.8 Å². The average molecular weight is 400 g/mol. The molecule has 1 fully saturated rings. The molecule has 1 aliphatic carbocycles. The summed E-state index contributed by atoms with van der Waals surface area (Å²) < 4.78 is 0. The molecule has 0 heterocycles. The minimum atomic E-state index is -0.0932. The van der Waals surface area contributed by atoms with Crippen molar-refractivity contribution < 1.29 is 9.59 Å². The van der Waals surface area contributed by atoms with Gasteiger partial charge in [0.25, 0.3) is 0 Å². The van der Waals surface area contributed by atoms with Gasteiger partial charge in [-0.1, -0.05) is 37.0 Å². The van der Waals surface area contributed by atoms with Gasteiger partial charge in [-0.2, -0.15) is 0 Å². The standard InChI is InChI=1S/C19H29N3O2S.ClH/c1-14-7-9-16(10-8-14)21-18(23)12-25-13-19(24)22-17(11-20)15-5-3-2-4-6-15;/h7-10,15,17H,2-6,11-13,20H2,1H3,(H,21,23)(H,22,24);1H. The zero-order valence-electron chi connectivity index (χ0n) is 15.3. The highest BCUT2D eigenvalue weighted by atomic mass is 35.5. The van der Waals surface area contributed by atoms with E-state index in [2.05, 4.69) is 10.6 Å². The second-order valence-electron chi connectivity index (χ2n) is 6.71. The van der Waals surface area contributed by atoms with E-state index in [1.54, 1.807) is 0 Å². The Balaban J connectivity index is 0.00000338. The first-order valence-corrected chi connectivity index (χ1v) is 10.2. The lowest BCUT2D eigenvalue weighted by Gasteiger charge is -2.30. The minimum absolute atomic E-state index is 0. The highest BCUT2D eigenvalue weighted by molar-refractivity contribution is 8.00. The number of carbonyl (C=O) groups excluding carboxylic acids is 2. The van der Waals surface area contributed by atoms with Gasteiger partial charge < -0.3 is 16.4 Å². The van der Waals surface area contributed by atoms with E-state index in [4.69, 9.17) is 5.73 Å². The number of nitrogens with two attached hydrogens (primary N) is 1. The zero-order chi connectivity index (χ0) is 18.1. The number of thioether (sulfide) groups is 1. The van der Waals surface area contributed by atoms with Crippen molar-refractivity contribution in [2.45, 2.75) is 45.1 Å². The fraction of sp³-hybridized carbons (Fsp3) is 0.579. The van der Waals surface area contributed by atoms with Crippen LogP contribution >= 0.6 is 24.2 Å². The van der Waals surface area contributed by atoms with Crippen molar-refractivity contribution in [1.82, 2.24) is 5.32 Å². The van der Waals surface area contributed by atoms with Gasteiger partial charge in [-0.15, -0.1) is 24.2 Å². The molecule has 1 aromatic rings. The highest BCUT2D eigenvalue weighted by Crippen LogP contribution is 2.26. The van der Waals surface area contributed by atoms with E-state index < -0.39 is 0 Å². The van der Waals surface area contributed by atoms with Crippen LogP contribution in [0.1, 0.15) is 37.7 Å². The van der Waals surface area contributed by atoms with Crippen LogP contribution in [-0.4, -0.2) is 35.9 Å². The van der Waals surface area contributed by atoms with E-state index in [-0.39, 0.29) is 41.8 Å². The number of benzene rings is 1. The van der Waals surface area contributed by atoms with Crippen molar-refractivity contribution in [3.8, 4) is 0 Å². The summed E-state index contributed by atoms with van der Waals surface area (Å²) >= 11 is 1.33. The molecule has 1 unspecified atom stereocenters. The first-order chi connectivity index (χ1) is 12.1. The van der Waals surface area contributed by atoms with Crippen molar-refractivity contribution >= 4 is 41.7 Å². The minimum Gasteiger partial charge on any atom is -0.351 e. The number of halogens is 1. The molecule has 26 heavy (non-hydrogen) atoms. The van der Waals surface area contributed by atoms with Crippen LogP contribution in [0.2, 0.25) is 0 Å². The number of hydrogen-bond donors (Lipinski definition) is 3. The smallest absolute Gasteiger partial charge is 0.234 e. The van der Waals surface area contributed by atoms with E-state index in [1.807, 2.05) is 31.2 Å². The van der Waals surface area contributed by atoms with Gasteiger partial charge >= 0.3 is 0 Å². The van der Waals surface area contributed by atoms with Crippen molar-refractivity contribution in [2.24, 2.45) is 11.7 Å². The number of carbonyl (C=O) groups is 2. The van der Waals surface area contributed by atoms with Gasteiger partial charge in [0.1, 0.15) is 0 Å². The molecule has 1 aliphatic rings. The number of aryl methyl sites for hydroxylation is 1. The quantitative estimate of drug-likeness (QED) is 0.627. The van der Waals surface area contributed by atoms with Crippen LogP contribution in [0.4, 0.5) is 5.69 Å². The Bertz CT molecular complexity index is 562. The second kappa shape index (κ2) is 12.2. The molecular weight excluding hydrogens is 370 g/mol. The third-order valence-corrected chi connectivity index (χ3v) is 5.55. The van der Waals surface area contributed by atoms with Gasteiger partial charge in [-0.25, -0.2) is 0 Å². The van der Waals surface area contributed by atoms with Gasteiger partial charge in [0.2, 0.25) is 11.8 Å². The van der Waals surface area contributed by atoms with E-state index in [0.717, 1.165) is 24.1 Å². The molecule has 1 saturated carbocycles. The Hall–Kier alpha value is -1.24. The first kappa shape index (κ1) is 22.8. The van der Waals surface area contributed by atoms with Crippen LogP contribution in [0.3, 0.4) is 0 Å². The molecule has 2 amide bonds. The SMILES string of the molecule is Cc1ccc(NC(=O)CSCC(=O)NC(CN)C2CCCCC2)cc1.Cl. The number of anilines is 1. The summed E-state index contributed by atoms with van der Waals surface area (Å²) in [5, 5.41) is 5.88. The number of nitrogens with one attached hydrogen (secondary N) is 2. The van der Waals surface area contributed by atoms with E-state index in [9.17, 15) is 9.59 Å². The fourth-order valence-electron chi connectivity index (χ4n) is 3.22. The monoisotopic (exact) mass is 399 g/mol. The highest BCUT2D eigenvalue weighted by Gasteiger charge is 2.23. The predicted octanol–water partition coefficient (Wildman–Crippen LogP) is 3.11. The topological polar surface area (TPSA) is 84.2 Å². The van der Waals surface area contributed by atoms with Gasteiger partial charge in [-0.3, -0.25) is 9.59 Å². The Morgan fingerprint density at radius 3 is 2.35 bits per heavy atom. The first-order valence-electron chi connectivity index (χ1n) is 9.02. The summed E-state index contributed by atoms with van der Waals surface area (Å²) in [6, 6.07) is 7.72. The summed E-state index contributed by atoms with van der Waals surface area (Å²) in [7, 11) is 0. The van der Waals surface area contributed by atoms with Gasteiger partial charge in [0, 0.05) is 18.3 Å². The Morgan fingerprint density at radius 2 is 1.73 bits per heavy atom. The summed E-state index contributed by atoms with van der Waals surface area (Å²) in [6.07, 6.45) is 6.03. The number of rotatable bonds is 8. The lowest BCUT2D eigenvalue weighted by Crippen LogP contribution is -2.46. The molecule has 4 N–H and O–H groups in total. The molecule has 0 saturated heterocycles. The van der Waals surface area contributed by atoms with Crippen LogP contribution in [0.5, 0.6) is 0 Å². The largest absolute Gasteiger partial charge is 0.351 e. The number of hydrogen-bond acceptors (Lipinski definition) is 4. The molecule has 0 aliphatic heterocycles.